The summed E-state index contributed by atoms with van der Waals surface area (Å²) in [6.07, 6.45) is -1.21. The lowest BCUT2D eigenvalue weighted by atomic mass is 9.87. The second-order valence-corrected chi connectivity index (χ2v) is 14.2. The van der Waals surface area contributed by atoms with E-state index in [0.29, 0.717) is 19.4 Å². The van der Waals surface area contributed by atoms with Crippen molar-refractivity contribution in [1.29, 1.82) is 0 Å². The number of Topliss-reactive ketones (excluding diaryl/α,β-unsaturated/α-hetero) is 1. The van der Waals surface area contributed by atoms with E-state index in [2.05, 4.69) is 5.32 Å². The van der Waals surface area contributed by atoms with Gasteiger partial charge in [-0.15, -0.1) is 0 Å². The number of hydrogen-bond donors (Lipinski definition) is 3. The Kier molecular flexibility index (Phi) is 10.8. The minimum Gasteiger partial charge on any atom is -0.443 e. The molecular weight excluding hydrogens is 574 g/mol. The van der Waals surface area contributed by atoms with E-state index < -0.39 is 39.8 Å². The van der Waals surface area contributed by atoms with Gasteiger partial charge in [0.05, 0.1) is 36.2 Å². The van der Waals surface area contributed by atoms with Gasteiger partial charge in [-0.2, -0.15) is 4.31 Å². The topological polar surface area (TPSA) is 157 Å². The number of benzene rings is 2. The van der Waals surface area contributed by atoms with Crippen LogP contribution in [0.15, 0.2) is 59.5 Å². The summed E-state index contributed by atoms with van der Waals surface area (Å²) in [6.45, 7) is 5.72. The number of nitrogens with one attached hydrogen (secondary N) is 1. The highest BCUT2D eigenvalue weighted by Gasteiger charge is 2.44. The number of anilines is 1. The minimum absolute atomic E-state index is 0.00661. The van der Waals surface area contributed by atoms with Crippen LogP contribution in [0.4, 0.5) is 10.5 Å². The number of carbonyl (C=O) groups excluding carboxylic acids is 2. The van der Waals surface area contributed by atoms with Crippen molar-refractivity contribution < 1.29 is 37.3 Å². The summed E-state index contributed by atoms with van der Waals surface area (Å²) in [5.41, 5.74) is 6.44. The standard InChI is InChI=1S/C31H43N3O8S/c1-21(35)12-14-31(2,3)20-34(43(38,39)24-11-7-10-23(32)17-24)18-27(36)26(16-22-8-5-4-6-9-22)33-30(37)42-28-19-41-29-25(28)13-15-40-29/h4-11,17,25-29,36H,12-16,18-20,32H2,1-3H3,(H,33,37). The average Bonchev–Trinajstić information content (AvgIpc) is 3.57. The van der Waals surface area contributed by atoms with E-state index >= 15 is 0 Å². The summed E-state index contributed by atoms with van der Waals surface area (Å²) < 4.78 is 45.9. The van der Waals surface area contributed by atoms with Crippen LogP contribution in [0, 0.1) is 11.3 Å². The van der Waals surface area contributed by atoms with Crippen LogP contribution in [0.25, 0.3) is 0 Å². The minimum atomic E-state index is -4.12. The number of sulfonamides is 1. The lowest BCUT2D eigenvalue weighted by molar-refractivity contribution is -0.117. The number of amides is 1. The third-order valence-electron chi connectivity index (χ3n) is 7.95. The molecule has 4 N–H and O–H groups in total. The van der Waals surface area contributed by atoms with Crippen molar-refractivity contribution in [3.8, 4) is 0 Å². The highest BCUT2D eigenvalue weighted by molar-refractivity contribution is 7.89. The van der Waals surface area contributed by atoms with Crippen LogP contribution in [-0.4, -0.2) is 80.5 Å². The van der Waals surface area contributed by atoms with Gasteiger partial charge in [0.25, 0.3) is 0 Å². The van der Waals surface area contributed by atoms with Crippen molar-refractivity contribution >= 4 is 27.6 Å². The Morgan fingerprint density at radius 1 is 1.16 bits per heavy atom. The maximum Gasteiger partial charge on any atom is 0.407 e. The second-order valence-electron chi connectivity index (χ2n) is 12.2. The molecule has 236 valence electrons. The Bertz CT molecular complexity index is 1350. The van der Waals surface area contributed by atoms with E-state index in [1.165, 1.54) is 23.4 Å². The summed E-state index contributed by atoms with van der Waals surface area (Å²) in [5.74, 6) is -0.0495. The number of carbonyl (C=O) groups is 2. The molecule has 0 aromatic heterocycles. The van der Waals surface area contributed by atoms with Crippen LogP contribution in [0.5, 0.6) is 0 Å². The van der Waals surface area contributed by atoms with E-state index in [-0.39, 0.29) is 54.7 Å². The Labute approximate surface area is 253 Å². The molecule has 43 heavy (non-hydrogen) atoms. The first kappa shape index (κ1) is 32.9. The highest BCUT2D eigenvalue weighted by atomic mass is 32.2. The van der Waals surface area contributed by atoms with Gasteiger partial charge in [-0.3, -0.25) is 0 Å². The van der Waals surface area contributed by atoms with Gasteiger partial charge in [0, 0.05) is 25.2 Å². The number of rotatable bonds is 14. The fraction of sp³-hybridized carbons (Fsp3) is 0.548. The maximum atomic E-state index is 13.9. The zero-order valence-corrected chi connectivity index (χ0v) is 25.8. The number of ether oxygens (including phenoxy) is 3. The molecule has 0 saturated carbocycles. The number of aliphatic hydroxyl groups is 1. The number of alkyl carbamates (subject to hydrolysis) is 1. The molecule has 2 saturated heterocycles. The van der Waals surface area contributed by atoms with Gasteiger partial charge in [0.1, 0.15) is 11.9 Å². The zero-order chi connectivity index (χ0) is 31.2. The van der Waals surface area contributed by atoms with Gasteiger partial charge < -0.3 is 35.2 Å². The van der Waals surface area contributed by atoms with Crippen molar-refractivity contribution in [1.82, 2.24) is 9.62 Å². The Hall–Kier alpha value is -3.03. The summed E-state index contributed by atoms with van der Waals surface area (Å²) in [7, 11) is -4.12. The molecule has 1 amide bonds. The van der Waals surface area contributed by atoms with Crippen LogP contribution in [0.3, 0.4) is 0 Å². The molecule has 5 unspecified atom stereocenters. The molecule has 2 heterocycles. The molecule has 0 bridgehead atoms. The van der Waals surface area contributed by atoms with Crippen molar-refractivity contribution in [2.24, 2.45) is 11.3 Å². The molecule has 2 aliphatic rings. The molecule has 12 heteroatoms. The molecule has 2 aromatic rings. The van der Waals surface area contributed by atoms with E-state index in [4.69, 9.17) is 19.9 Å². The quantitative estimate of drug-likeness (QED) is 0.271. The van der Waals surface area contributed by atoms with Gasteiger partial charge in [-0.25, -0.2) is 13.2 Å². The SMILES string of the molecule is CC(=O)CCC(C)(C)CN(CC(O)C(Cc1ccccc1)NC(=O)OC1COC2OCCC12)S(=O)(=O)c1cccc(N)c1. The first-order valence-electron chi connectivity index (χ1n) is 14.6. The molecule has 2 aromatic carbocycles. The second kappa shape index (κ2) is 14.2. The van der Waals surface area contributed by atoms with Crippen molar-refractivity contribution in [3.05, 3.63) is 60.2 Å². The molecule has 5 atom stereocenters. The third kappa shape index (κ3) is 8.99. The van der Waals surface area contributed by atoms with Gasteiger partial charge >= 0.3 is 6.09 Å². The third-order valence-corrected chi connectivity index (χ3v) is 9.76. The summed E-state index contributed by atoms with van der Waals surface area (Å²) in [6, 6.07) is 14.4. The molecule has 2 fully saturated rings. The van der Waals surface area contributed by atoms with E-state index in [1.807, 2.05) is 44.2 Å². The number of hydrogen-bond acceptors (Lipinski definition) is 9. The van der Waals surface area contributed by atoms with Crippen LogP contribution in [0.2, 0.25) is 0 Å². The van der Waals surface area contributed by atoms with Crippen LogP contribution in [0.1, 0.15) is 45.6 Å². The molecule has 2 aliphatic heterocycles. The molecule has 0 spiro atoms. The fourth-order valence-electron chi connectivity index (χ4n) is 5.50. The molecule has 11 nitrogen and oxygen atoms in total. The number of nitrogens with two attached hydrogens (primary N) is 1. The average molecular weight is 618 g/mol. The van der Waals surface area contributed by atoms with Gasteiger partial charge in [-0.1, -0.05) is 50.2 Å². The van der Waals surface area contributed by atoms with Crippen molar-refractivity contribution in [2.45, 2.75) is 75.9 Å². The summed E-state index contributed by atoms with van der Waals surface area (Å²) in [4.78, 5) is 24.8. The van der Waals surface area contributed by atoms with Crippen LogP contribution >= 0.6 is 0 Å². The van der Waals surface area contributed by atoms with E-state index in [9.17, 15) is 23.1 Å². The lowest BCUT2D eigenvalue weighted by Crippen LogP contribution is -2.52. The van der Waals surface area contributed by atoms with E-state index in [1.54, 1.807) is 12.1 Å². The van der Waals surface area contributed by atoms with Gasteiger partial charge in [0.2, 0.25) is 10.0 Å². The predicted octanol–water partition coefficient (Wildman–Crippen LogP) is 3.11. The number of nitrogens with zero attached hydrogens (tertiary/aromatic N) is 1. The Morgan fingerprint density at radius 3 is 2.60 bits per heavy atom. The number of fused-ring (bicyclic) bond motifs is 1. The summed E-state index contributed by atoms with van der Waals surface area (Å²) in [5, 5.41) is 14.4. The number of aliphatic hydroxyl groups excluding tert-OH is 1. The molecule has 0 aliphatic carbocycles. The number of ketones is 1. The van der Waals surface area contributed by atoms with Gasteiger partial charge in [-0.05, 0) is 55.4 Å². The molecule has 0 radical (unpaired) electrons. The van der Waals surface area contributed by atoms with Crippen LogP contribution in [-0.2, 0) is 35.4 Å². The van der Waals surface area contributed by atoms with Crippen molar-refractivity contribution in [3.63, 3.8) is 0 Å². The summed E-state index contributed by atoms with van der Waals surface area (Å²) >= 11 is 0. The fourth-order valence-corrected chi connectivity index (χ4v) is 7.20. The first-order chi connectivity index (χ1) is 20.3. The monoisotopic (exact) mass is 617 g/mol. The maximum absolute atomic E-state index is 13.9. The van der Waals surface area contributed by atoms with Crippen LogP contribution < -0.4 is 11.1 Å². The zero-order valence-electron chi connectivity index (χ0n) is 25.0. The largest absolute Gasteiger partial charge is 0.443 e. The normalized spacial score (nSPS) is 21.7. The van der Waals surface area contributed by atoms with Gasteiger partial charge in [0.15, 0.2) is 6.29 Å². The Morgan fingerprint density at radius 2 is 1.91 bits per heavy atom. The molecule has 4 rings (SSSR count). The predicted molar refractivity (Wildman–Crippen MR) is 160 cm³/mol. The lowest BCUT2D eigenvalue weighted by Gasteiger charge is -2.35. The molecular formula is C31H43N3O8S. The van der Waals surface area contributed by atoms with Crippen molar-refractivity contribution in [2.75, 3.05) is 32.0 Å². The Balaban J connectivity index is 1.56. The number of nitrogen functional groups attached to an aromatic ring is 1. The first-order valence-corrected chi connectivity index (χ1v) is 16.1. The smallest absolute Gasteiger partial charge is 0.407 e. The highest BCUT2D eigenvalue weighted by Crippen LogP contribution is 2.33. The van der Waals surface area contributed by atoms with E-state index in [0.717, 1.165) is 12.0 Å².